The van der Waals surface area contributed by atoms with Crippen molar-refractivity contribution in [2.24, 2.45) is 0 Å². The Bertz CT molecular complexity index is 998. The number of hydrogen-bond acceptors (Lipinski definition) is 3. The number of halogens is 3. The van der Waals surface area contributed by atoms with E-state index >= 15 is 0 Å². The van der Waals surface area contributed by atoms with Crippen LogP contribution in [0.5, 0.6) is 11.5 Å². The van der Waals surface area contributed by atoms with Crippen LogP contribution in [0.4, 0.5) is 13.2 Å². The summed E-state index contributed by atoms with van der Waals surface area (Å²) in [6.45, 7) is 15.6. The summed E-state index contributed by atoms with van der Waals surface area (Å²) in [4.78, 5) is 14.0. The minimum atomic E-state index is -0.780. The van der Waals surface area contributed by atoms with E-state index in [2.05, 4.69) is 26.0 Å². The van der Waals surface area contributed by atoms with Crippen molar-refractivity contribution < 1.29 is 27.4 Å². The first-order valence-corrected chi connectivity index (χ1v) is 13.3. The average Bonchev–Trinajstić information content (AvgIpc) is 3.65. The van der Waals surface area contributed by atoms with Gasteiger partial charge in [-0.2, -0.15) is 0 Å². The molecule has 7 heteroatoms. The summed E-state index contributed by atoms with van der Waals surface area (Å²) in [6, 6.07) is 8.23. The van der Waals surface area contributed by atoms with Crippen LogP contribution in [0, 0.1) is 11.6 Å². The van der Waals surface area contributed by atoms with E-state index in [1.54, 1.807) is 17.0 Å². The molecule has 4 nitrogen and oxygen atoms in total. The molecule has 1 atom stereocenters. The average molecular weight is 536 g/mol. The van der Waals surface area contributed by atoms with Gasteiger partial charge >= 0.3 is 0 Å². The molecule has 0 radical (unpaired) electrons. The summed E-state index contributed by atoms with van der Waals surface area (Å²) in [5.41, 5.74) is 2.03. The van der Waals surface area contributed by atoms with Crippen molar-refractivity contribution in [2.75, 3.05) is 20.3 Å². The lowest BCUT2D eigenvalue weighted by atomic mass is 10.1. The molecule has 38 heavy (non-hydrogen) atoms. The van der Waals surface area contributed by atoms with E-state index in [4.69, 9.17) is 9.47 Å². The normalized spacial score (nSPS) is 15.2. The van der Waals surface area contributed by atoms with Crippen LogP contribution in [-0.4, -0.2) is 31.1 Å². The largest absolute Gasteiger partial charge is 0.447 e. The summed E-state index contributed by atoms with van der Waals surface area (Å²) < 4.78 is 48.0. The second-order valence-electron chi connectivity index (χ2n) is 7.79. The van der Waals surface area contributed by atoms with E-state index in [-0.39, 0.29) is 23.0 Å². The second-order valence-corrected chi connectivity index (χ2v) is 7.79. The number of alkyl halides is 1. The Labute approximate surface area is 227 Å². The molecule has 2 heterocycles. The highest BCUT2D eigenvalue weighted by atomic mass is 19.1. The molecular weight excluding hydrogens is 491 g/mol. The fourth-order valence-corrected chi connectivity index (χ4v) is 3.36. The first-order chi connectivity index (χ1) is 18.4. The van der Waals surface area contributed by atoms with Gasteiger partial charge in [-0.1, -0.05) is 58.4 Å². The van der Waals surface area contributed by atoms with Gasteiger partial charge in [-0.25, -0.2) is 8.78 Å². The minimum Gasteiger partial charge on any atom is -0.447 e. The number of nitrogens with zero attached hydrogens (tertiary/aromatic N) is 1. The minimum absolute atomic E-state index is 0.0148. The molecule has 2 aliphatic heterocycles. The number of carbonyl (C=O) groups excluding carboxylic acids is 1. The number of benzene rings is 2. The highest BCUT2D eigenvalue weighted by molar-refractivity contribution is 5.95. The molecule has 2 aliphatic rings. The molecule has 1 amide bonds. The third-order valence-electron chi connectivity index (χ3n) is 5.40. The maximum atomic E-state index is 14.3. The zero-order valence-electron chi connectivity index (χ0n) is 24.1. The zero-order chi connectivity index (χ0) is 29.1. The summed E-state index contributed by atoms with van der Waals surface area (Å²) in [5, 5.41) is 0. The fraction of sp³-hybridized carbons (Fsp3) is 0.452. The lowest BCUT2D eigenvalue weighted by Crippen LogP contribution is -2.28. The van der Waals surface area contributed by atoms with Crippen LogP contribution in [-0.2, 0) is 0 Å². The molecule has 0 saturated carbocycles. The number of rotatable bonds is 4. The van der Waals surface area contributed by atoms with Crippen LogP contribution in [0.15, 0.2) is 60.2 Å². The predicted octanol–water partition coefficient (Wildman–Crippen LogP) is 9.23. The van der Waals surface area contributed by atoms with Crippen molar-refractivity contribution in [3.63, 3.8) is 0 Å². The standard InChI is InChI=1S/C18H15F2NO3.C8H14.2C2H6.CH3F/c19-12-5-3-11(4-6-12)18-23-15-9-13(14(20)10-16(15)24-18)17(22)21-7-1-2-8-21;1-4-6-7-8(3)5-2;3*1-2/h3-6,9-10,18H,1-2,7-8H2;4,6-7H,5H2,1-3H3;2*1-2H3;1H3/b;6-4-,8-7-;;;. The molecule has 1 fully saturated rings. The number of fused-ring (bicyclic) bond motifs is 1. The SMILES string of the molecule is C/C=C\C=C(\C)CC.CC.CC.CF.O=C(c1cc2c(cc1F)OC(c1ccc(F)cc1)O2)N1CCCC1. The number of hydrogen-bond donors (Lipinski definition) is 0. The molecule has 0 aromatic heterocycles. The van der Waals surface area contributed by atoms with Crippen molar-refractivity contribution in [1.29, 1.82) is 0 Å². The summed E-state index contributed by atoms with van der Waals surface area (Å²) in [5.74, 6) is -0.775. The number of ether oxygens (including phenoxy) is 2. The summed E-state index contributed by atoms with van der Waals surface area (Å²) >= 11 is 0. The Kier molecular flexibility index (Phi) is 18.2. The van der Waals surface area contributed by atoms with E-state index in [1.165, 1.54) is 29.8 Å². The Morgan fingerprint density at radius 1 is 0.974 bits per heavy atom. The molecule has 1 unspecified atom stereocenters. The molecule has 1 saturated heterocycles. The quantitative estimate of drug-likeness (QED) is 0.366. The van der Waals surface area contributed by atoms with E-state index < -0.39 is 12.1 Å². The van der Waals surface area contributed by atoms with Crippen molar-refractivity contribution in [1.82, 2.24) is 4.90 Å². The van der Waals surface area contributed by atoms with Gasteiger partial charge in [-0.3, -0.25) is 9.18 Å². The molecule has 2 aromatic rings. The number of likely N-dealkylation sites (tertiary alicyclic amines) is 1. The van der Waals surface area contributed by atoms with Gasteiger partial charge in [-0.05, 0) is 63.4 Å². The smallest absolute Gasteiger partial charge is 0.267 e. The molecule has 0 aliphatic carbocycles. The monoisotopic (exact) mass is 535 g/mol. The van der Waals surface area contributed by atoms with Crippen molar-refractivity contribution in [3.8, 4) is 11.5 Å². The number of allylic oxidation sites excluding steroid dienone is 4. The van der Waals surface area contributed by atoms with Crippen LogP contribution in [0.2, 0.25) is 0 Å². The maximum absolute atomic E-state index is 14.3. The van der Waals surface area contributed by atoms with Crippen LogP contribution >= 0.6 is 0 Å². The van der Waals surface area contributed by atoms with Crippen LogP contribution in [0.1, 0.15) is 89.9 Å². The van der Waals surface area contributed by atoms with Gasteiger partial charge in [0.2, 0.25) is 0 Å². The van der Waals surface area contributed by atoms with E-state index in [0.717, 1.165) is 19.3 Å². The first kappa shape index (κ1) is 34.8. The van der Waals surface area contributed by atoms with Gasteiger partial charge in [0, 0.05) is 24.7 Å². The summed E-state index contributed by atoms with van der Waals surface area (Å²) in [6.07, 6.45) is 8.49. The van der Waals surface area contributed by atoms with E-state index in [9.17, 15) is 18.0 Å². The Morgan fingerprint density at radius 3 is 2.00 bits per heavy atom. The molecule has 4 rings (SSSR count). The Balaban J connectivity index is 0.000000831. The highest BCUT2D eigenvalue weighted by Gasteiger charge is 2.30. The van der Waals surface area contributed by atoms with Crippen molar-refractivity contribution in [2.45, 2.75) is 74.0 Å². The predicted molar refractivity (Wildman–Crippen MR) is 151 cm³/mol. The fourth-order valence-electron chi connectivity index (χ4n) is 3.36. The zero-order valence-corrected chi connectivity index (χ0v) is 24.1. The molecule has 0 spiro atoms. The number of carbonyl (C=O) groups is 1. The Hall–Kier alpha value is -3.22. The third-order valence-corrected chi connectivity index (χ3v) is 5.40. The maximum Gasteiger partial charge on any atom is 0.267 e. The van der Waals surface area contributed by atoms with Crippen LogP contribution in [0.25, 0.3) is 0 Å². The molecule has 212 valence electrons. The van der Waals surface area contributed by atoms with Gasteiger partial charge in [-0.15, -0.1) is 0 Å². The lowest BCUT2D eigenvalue weighted by Gasteiger charge is -2.15. The second kappa shape index (κ2) is 19.8. The van der Waals surface area contributed by atoms with Gasteiger partial charge < -0.3 is 14.4 Å². The van der Waals surface area contributed by atoms with E-state index in [0.29, 0.717) is 31.6 Å². The Morgan fingerprint density at radius 2 is 1.50 bits per heavy atom. The highest BCUT2D eigenvalue weighted by Crippen LogP contribution is 2.42. The molecule has 0 N–H and O–H groups in total. The van der Waals surface area contributed by atoms with Gasteiger partial charge in [0.15, 0.2) is 11.5 Å². The molecular formula is C31H44F3NO3. The number of amides is 1. The van der Waals surface area contributed by atoms with Crippen LogP contribution < -0.4 is 9.47 Å². The van der Waals surface area contributed by atoms with Gasteiger partial charge in [0.1, 0.15) is 11.6 Å². The van der Waals surface area contributed by atoms with Crippen molar-refractivity contribution in [3.05, 3.63) is 83.0 Å². The van der Waals surface area contributed by atoms with Crippen LogP contribution in [0.3, 0.4) is 0 Å². The lowest BCUT2D eigenvalue weighted by molar-refractivity contribution is 0.0485. The third kappa shape index (κ3) is 10.6. The molecule has 0 bridgehead atoms. The first-order valence-electron chi connectivity index (χ1n) is 13.3. The summed E-state index contributed by atoms with van der Waals surface area (Å²) in [7, 11) is 0.500. The van der Waals surface area contributed by atoms with Gasteiger partial charge in [0.25, 0.3) is 12.2 Å². The van der Waals surface area contributed by atoms with Crippen molar-refractivity contribution >= 4 is 5.91 Å². The van der Waals surface area contributed by atoms with E-state index in [1.807, 2.05) is 40.7 Å². The molecule has 2 aromatic carbocycles. The van der Waals surface area contributed by atoms with Gasteiger partial charge in [0.05, 0.1) is 12.7 Å². The topological polar surface area (TPSA) is 38.8 Å².